The highest BCUT2D eigenvalue weighted by Crippen LogP contribution is 2.13. The molecule has 7 heteroatoms. The first-order valence-corrected chi connectivity index (χ1v) is 6.05. The number of amides is 2. The fourth-order valence-electron chi connectivity index (χ4n) is 1.47. The van der Waals surface area contributed by atoms with Gasteiger partial charge in [0, 0.05) is 19.5 Å². The summed E-state index contributed by atoms with van der Waals surface area (Å²) < 4.78 is 35.5. The number of hydrogen-bond donors (Lipinski definition) is 2. The first kappa shape index (κ1) is 16.0. The van der Waals surface area contributed by atoms with Gasteiger partial charge in [0.05, 0.1) is 0 Å². The van der Waals surface area contributed by atoms with Crippen LogP contribution in [0.2, 0.25) is 0 Å². The molecule has 4 nitrogen and oxygen atoms in total. The van der Waals surface area contributed by atoms with Gasteiger partial charge in [-0.3, -0.25) is 9.59 Å². The molecular weight excluding hydrogens is 273 g/mol. The minimum Gasteiger partial charge on any atom is -0.354 e. The highest BCUT2D eigenvalue weighted by atomic mass is 19.4. The van der Waals surface area contributed by atoms with Crippen LogP contribution in [0.15, 0.2) is 30.3 Å². The molecular formula is C13H15F3N2O2. The van der Waals surface area contributed by atoms with Gasteiger partial charge in [-0.1, -0.05) is 30.3 Å². The van der Waals surface area contributed by atoms with Crippen molar-refractivity contribution >= 4 is 11.8 Å². The maximum Gasteiger partial charge on any atom is 0.471 e. The van der Waals surface area contributed by atoms with Crippen LogP contribution < -0.4 is 10.6 Å². The molecule has 2 amide bonds. The predicted octanol–water partition coefficient (Wildman–Crippen LogP) is 1.41. The van der Waals surface area contributed by atoms with E-state index in [2.05, 4.69) is 5.32 Å². The summed E-state index contributed by atoms with van der Waals surface area (Å²) in [5.41, 5.74) is 1.01. The maximum absolute atomic E-state index is 11.8. The lowest BCUT2D eigenvalue weighted by molar-refractivity contribution is -0.173. The van der Waals surface area contributed by atoms with Crippen LogP contribution in [0.5, 0.6) is 0 Å². The molecule has 0 aliphatic heterocycles. The molecule has 0 bridgehead atoms. The van der Waals surface area contributed by atoms with Crippen LogP contribution in [-0.4, -0.2) is 31.1 Å². The normalized spacial score (nSPS) is 10.9. The molecule has 2 N–H and O–H groups in total. The van der Waals surface area contributed by atoms with Crippen molar-refractivity contribution in [2.24, 2.45) is 0 Å². The molecule has 110 valence electrons. The molecule has 0 fully saturated rings. The summed E-state index contributed by atoms with van der Waals surface area (Å²) in [6, 6.07) is 9.36. The average molecular weight is 288 g/mol. The van der Waals surface area contributed by atoms with Gasteiger partial charge in [0.1, 0.15) is 0 Å². The minimum absolute atomic E-state index is 0.0323. The number of alkyl halides is 3. The second-order valence-corrected chi connectivity index (χ2v) is 4.09. The number of halogens is 3. The summed E-state index contributed by atoms with van der Waals surface area (Å²) in [5.74, 6) is -2.27. The van der Waals surface area contributed by atoms with Gasteiger partial charge in [-0.25, -0.2) is 0 Å². The smallest absolute Gasteiger partial charge is 0.354 e. The molecule has 1 aromatic rings. The molecule has 0 aliphatic carbocycles. The third-order valence-electron chi connectivity index (χ3n) is 2.47. The van der Waals surface area contributed by atoms with Gasteiger partial charge < -0.3 is 10.6 Å². The Morgan fingerprint density at radius 1 is 1.00 bits per heavy atom. The van der Waals surface area contributed by atoms with E-state index in [4.69, 9.17) is 0 Å². The number of aryl methyl sites for hydroxylation is 1. The zero-order valence-electron chi connectivity index (χ0n) is 10.7. The number of rotatable bonds is 6. The van der Waals surface area contributed by atoms with E-state index in [1.807, 2.05) is 30.3 Å². The van der Waals surface area contributed by atoms with Gasteiger partial charge in [0.15, 0.2) is 0 Å². The molecule has 0 spiro atoms. The monoisotopic (exact) mass is 288 g/mol. The first-order valence-electron chi connectivity index (χ1n) is 6.05. The van der Waals surface area contributed by atoms with Crippen molar-refractivity contribution in [1.82, 2.24) is 10.6 Å². The van der Waals surface area contributed by atoms with Gasteiger partial charge in [0.2, 0.25) is 5.91 Å². The lowest BCUT2D eigenvalue weighted by atomic mass is 10.1. The zero-order valence-corrected chi connectivity index (χ0v) is 10.7. The van der Waals surface area contributed by atoms with Crippen LogP contribution in [0.3, 0.4) is 0 Å². The number of nitrogens with one attached hydrogen (secondary N) is 2. The van der Waals surface area contributed by atoms with E-state index in [9.17, 15) is 22.8 Å². The summed E-state index contributed by atoms with van der Waals surface area (Å²) >= 11 is 0. The van der Waals surface area contributed by atoms with E-state index < -0.39 is 12.1 Å². The van der Waals surface area contributed by atoms with Crippen molar-refractivity contribution in [3.63, 3.8) is 0 Å². The largest absolute Gasteiger partial charge is 0.471 e. The van der Waals surface area contributed by atoms with E-state index in [0.29, 0.717) is 6.42 Å². The van der Waals surface area contributed by atoms with Crippen molar-refractivity contribution in [3.8, 4) is 0 Å². The van der Waals surface area contributed by atoms with Crippen LogP contribution in [0.1, 0.15) is 12.0 Å². The highest BCUT2D eigenvalue weighted by molar-refractivity contribution is 5.81. The standard InChI is InChI=1S/C13H15F3N2O2/c14-13(15,16)12(20)18-9-8-17-11(19)7-6-10-4-2-1-3-5-10/h1-5H,6-9H2,(H,17,19)(H,18,20). The number of carbonyl (C=O) groups excluding carboxylic acids is 2. The van der Waals surface area contributed by atoms with Crippen LogP contribution in [0, 0.1) is 0 Å². The molecule has 0 heterocycles. The quantitative estimate of drug-likeness (QED) is 0.778. The molecule has 20 heavy (non-hydrogen) atoms. The molecule has 0 radical (unpaired) electrons. The fourth-order valence-corrected chi connectivity index (χ4v) is 1.47. The third kappa shape index (κ3) is 6.21. The Kier molecular flexibility index (Phi) is 6.02. The Morgan fingerprint density at radius 3 is 2.20 bits per heavy atom. The van der Waals surface area contributed by atoms with Crippen molar-refractivity contribution in [2.45, 2.75) is 19.0 Å². The van der Waals surface area contributed by atoms with Crippen LogP contribution in [-0.2, 0) is 16.0 Å². The first-order chi connectivity index (χ1) is 9.39. The number of carbonyl (C=O) groups is 2. The molecule has 0 atom stereocenters. The fraction of sp³-hybridized carbons (Fsp3) is 0.385. The SMILES string of the molecule is O=C(CCc1ccccc1)NCCNC(=O)C(F)(F)F. The molecule has 0 aliphatic rings. The lowest BCUT2D eigenvalue weighted by Gasteiger charge is -2.08. The Labute approximate surface area is 114 Å². The summed E-state index contributed by atoms with van der Waals surface area (Å²) in [7, 11) is 0. The summed E-state index contributed by atoms with van der Waals surface area (Å²) in [5, 5.41) is 4.11. The Bertz CT molecular complexity index is 447. The van der Waals surface area contributed by atoms with E-state index in [1.165, 1.54) is 0 Å². The zero-order chi connectivity index (χ0) is 15.0. The van der Waals surface area contributed by atoms with Crippen LogP contribution in [0.25, 0.3) is 0 Å². The molecule has 1 aromatic carbocycles. The van der Waals surface area contributed by atoms with Crippen LogP contribution in [0.4, 0.5) is 13.2 Å². The minimum atomic E-state index is -4.89. The van der Waals surface area contributed by atoms with E-state index in [-0.39, 0.29) is 25.4 Å². The lowest BCUT2D eigenvalue weighted by Crippen LogP contribution is -2.41. The van der Waals surface area contributed by atoms with Gasteiger partial charge in [0.25, 0.3) is 0 Å². The predicted molar refractivity (Wildman–Crippen MR) is 66.8 cm³/mol. The Morgan fingerprint density at radius 2 is 1.60 bits per heavy atom. The summed E-state index contributed by atoms with van der Waals surface area (Å²) in [6.45, 7) is -0.287. The Balaban J connectivity index is 2.13. The second kappa shape index (κ2) is 7.52. The third-order valence-corrected chi connectivity index (χ3v) is 2.47. The molecule has 1 rings (SSSR count). The van der Waals surface area contributed by atoms with E-state index >= 15 is 0 Å². The van der Waals surface area contributed by atoms with E-state index in [0.717, 1.165) is 5.56 Å². The molecule has 0 saturated heterocycles. The maximum atomic E-state index is 11.8. The van der Waals surface area contributed by atoms with Gasteiger partial charge in [-0.15, -0.1) is 0 Å². The van der Waals surface area contributed by atoms with Gasteiger partial charge in [-0.05, 0) is 12.0 Å². The van der Waals surface area contributed by atoms with Gasteiger partial charge in [-0.2, -0.15) is 13.2 Å². The highest BCUT2D eigenvalue weighted by Gasteiger charge is 2.38. The molecule has 0 saturated carbocycles. The second-order valence-electron chi connectivity index (χ2n) is 4.09. The van der Waals surface area contributed by atoms with Gasteiger partial charge >= 0.3 is 12.1 Å². The van der Waals surface area contributed by atoms with Crippen molar-refractivity contribution in [1.29, 1.82) is 0 Å². The summed E-state index contributed by atoms with van der Waals surface area (Å²) in [6.07, 6.45) is -4.09. The summed E-state index contributed by atoms with van der Waals surface area (Å²) in [4.78, 5) is 21.9. The van der Waals surface area contributed by atoms with Crippen molar-refractivity contribution in [3.05, 3.63) is 35.9 Å². The number of hydrogen-bond acceptors (Lipinski definition) is 2. The Hall–Kier alpha value is -2.05. The van der Waals surface area contributed by atoms with Crippen LogP contribution >= 0.6 is 0 Å². The molecule has 0 aromatic heterocycles. The van der Waals surface area contributed by atoms with E-state index in [1.54, 1.807) is 5.32 Å². The number of benzene rings is 1. The molecule has 0 unspecified atom stereocenters. The van der Waals surface area contributed by atoms with Crippen molar-refractivity contribution < 1.29 is 22.8 Å². The average Bonchev–Trinajstić information content (AvgIpc) is 2.41. The van der Waals surface area contributed by atoms with Crippen molar-refractivity contribution in [2.75, 3.05) is 13.1 Å². The topological polar surface area (TPSA) is 58.2 Å².